The number of hydrogen-bond acceptors (Lipinski definition) is 4. The molecule has 0 aliphatic rings. The molecule has 0 saturated carbocycles. The topological polar surface area (TPSA) is 87.3 Å². The van der Waals surface area contributed by atoms with E-state index in [0.717, 1.165) is 10.2 Å². The van der Waals surface area contributed by atoms with Crippen molar-refractivity contribution >= 4 is 37.5 Å². The van der Waals surface area contributed by atoms with E-state index in [-0.39, 0.29) is 29.8 Å². The fraction of sp³-hybridized carbons (Fsp3) is 0.350. The first-order valence-corrected chi connectivity index (χ1v) is 11.4. The van der Waals surface area contributed by atoms with Crippen LogP contribution in [-0.2, 0) is 14.8 Å². The van der Waals surface area contributed by atoms with E-state index >= 15 is 0 Å². The van der Waals surface area contributed by atoms with E-state index in [2.05, 4.69) is 45.1 Å². The van der Waals surface area contributed by atoms with E-state index < -0.39 is 10.0 Å². The average molecular weight is 468 g/mol. The quantitative estimate of drug-likeness (QED) is 0.499. The zero-order valence-electron chi connectivity index (χ0n) is 16.0. The Kier molecular flexibility index (Phi) is 8.47. The summed E-state index contributed by atoms with van der Waals surface area (Å²) in [4.78, 5) is 12.3. The smallest absolute Gasteiger partial charge is 0.240 e. The number of hydrogen-bond donors (Lipinski definition) is 3. The lowest BCUT2D eigenvalue weighted by atomic mass is 10.0. The summed E-state index contributed by atoms with van der Waals surface area (Å²) in [5.41, 5.74) is 0.998. The molecule has 1 atom stereocenters. The Bertz CT molecular complexity index is 856. The highest BCUT2D eigenvalue weighted by atomic mass is 79.9. The lowest BCUT2D eigenvalue weighted by Crippen LogP contribution is -2.40. The number of para-hydroxylation sites is 1. The van der Waals surface area contributed by atoms with Gasteiger partial charge >= 0.3 is 0 Å². The molecule has 0 aliphatic carbocycles. The second kappa shape index (κ2) is 10.6. The molecule has 0 aromatic heterocycles. The molecule has 0 aliphatic heterocycles. The second-order valence-corrected chi connectivity index (χ2v) is 9.45. The monoisotopic (exact) mass is 467 g/mol. The van der Waals surface area contributed by atoms with Crippen molar-refractivity contribution in [3.8, 4) is 0 Å². The van der Waals surface area contributed by atoms with Gasteiger partial charge in [-0.2, -0.15) is 0 Å². The van der Waals surface area contributed by atoms with Crippen molar-refractivity contribution in [2.75, 3.05) is 18.4 Å². The number of halogens is 1. The van der Waals surface area contributed by atoms with Gasteiger partial charge in [-0.3, -0.25) is 4.79 Å². The van der Waals surface area contributed by atoms with Crippen LogP contribution in [0.15, 0.2) is 64.0 Å². The maximum atomic E-state index is 12.2. The summed E-state index contributed by atoms with van der Waals surface area (Å²) in [6.07, 6.45) is 0.0753. The average Bonchev–Trinajstić information content (AvgIpc) is 2.66. The fourth-order valence-corrected chi connectivity index (χ4v) is 3.81. The summed E-state index contributed by atoms with van der Waals surface area (Å²) in [6, 6.07) is 16.2. The van der Waals surface area contributed by atoms with Crippen molar-refractivity contribution < 1.29 is 13.2 Å². The van der Waals surface area contributed by atoms with Crippen molar-refractivity contribution in [3.63, 3.8) is 0 Å². The first-order chi connectivity index (χ1) is 13.3. The van der Waals surface area contributed by atoms with E-state index in [4.69, 9.17) is 0 Å². The molecule has 0 heterocycles. The molecular weight excluding hydrogens is 442 g/mol. The van der Waals surface area contributed by atoms with Crippen LogP contribution in [0.25, 0.3) is 0 Å². The number of carbonyl (C=O) groups excluding carboxylic acids is 1. The SMILES string of the molecule is CC(C)C(CNC(=O)CCNS(=O)(=O)c1ccc(Br)cc1)Nc1ccccc1. The Hall–Kier alpha value is -1.90. The van der Waals surface area contributed by atoms with Crippen molar-refractivity contribution in [2.24, 2.45) is 5.92 Å². The van der Waals surface area contributed by atoms with Gasteiger partial charge in [0.25, 0.3) is 0 Å². The summed E-state index contributed by atoms with van der Waals surface area (Å²) in [6.45, 7) is 4.67. The summed E-state index contributed by atoms with van der Waals surface area (Å²) < 4.78 is 27.7. The van der Waals surface area contributed by atoms with Gasteiger partial charge in [0.15, 0.2) is 0 Å². The van der Waals surface area contributed by atoms with E-state index in [0.29, 0.717) is 12.5 Å². The Morgan fingerprint density at radius 3 is 2.29 bits per heavy atom. The van der Waals surface area contributed by atoms with E-state index in [1.165, 1.54) is 12.1 Å². The number of carbonyl (C=O) groups is 1. The Morgan fingerprint density at radius 2 is 1.68 bits per heavy atom. The highest BCUT2D eigenvalue weighted by Crippen LogP contribution is 2.14. The molecule has 28 heavy (non-hydrogen) atoms. The lowest BCUT2D eigenvalue weighted by Gasteiger charge is -2.24. The molecule has 2 rings (SSSR count). The van der Waals surface area contributed by atoms with Crippen molar-refractivity contribution in [3.05, 3.63) is 59.1 Å². The van der Waals surface area contributed by atoms with Crippen LogP contribution in [0.3, 0.4) is 0 Å². The van der Waals surface area contributed by atoms with E-state index in [1.807, 2.05) is 30.3 Å². The predicted octanol–water partition coefficient (Wildman–Crippen LogP) is 3.37. The Morgan fingerprint density at radius 1 is 1.04 bits per heavy atom. The van der Waals surface area contributed by atoms with Crippen LogP contribution < -0.4 is 15.4 Å². The zero-order chi connectivity index (χ0) is 20.6. The van der Waals surface area contributed by atoms with Crippen LogP contribution in [-0.4, -0.2) is 33.5 Å². The molecule has 1 unspecified atom stereocenters. The summed E-state index contributed by atoms with van der Waals surface area (Å²) in [5.74, 6) is 0.121. The van der Waals surface area contributed by atoms with Crippen LogP contribution in [0.4, 0.5) is 5.69 Å². The van der Waals surface area contributed by atoms with Gasteiger partial charge in [0.05, 0.1) is 4.90 Å². The molecule has 8 heteroatoms. The van der Waals surface area contributed by atoms with E-state index in [9.17, 15) is 13.2 Å². The van der Waals surface area contributed by atoms with Gasteiger partial charge in [0.1, 0.15) is 0 Å². The summed E-state index contributed by atoms with van der Waals surface area (Å²) in [7, 11) is -3.62. The molecule has 0 spiro atoms. The maximum Gasteiger partial charge on any atom is 0.240 e. The predicted molar refractivity (Wildman–Crippen MR) is 116 cm³/mol. The van der Waals surface area contributed by atoms with Crippen LogP contribution in [0, 0.1) is 5.92 Å². The van der Waals surface area contributed by atoms with Gasteiger partial charge in [-0.25, -0.2) is 13.1 Å². The molecule has 6 nitrogen and oxygen atoms in total. The Balaban J connectivity index is 1.78. The molecule has 0 saturated heterocycles. The molecule has 3 N–H and O–H groups in total. The Labute approximate surface area is 175 Å². The van der Waals surface area contributed by atoms with Crippen LogP contribution in [0.1, 0.15) is 20.3 Å². The number of rotatable bonds is 10. The molecule has 0 bridgehead atoms. The van der Waals surface area contributed by atoms with Crippen molar-refractivity contribution in [1.29, 1.82) is 0 Å². The molecule has 1 amide bonds. The summed E-state index contributed by atoms with van der Waals surface area (Å²) >= 11 is 3.27. The fourth-order valence-electron chi connectivity index (χ4n) is 2.51. The van der Waals surface area contributed by atoms with Gasteiger partial charge < -0.3 is 10.6 Å². The normalized spacial score (nSPS) is 12.6. The summed E-state index contributed by atoms with van der Waals surface area (Å²) in [5, 5.41) is 6.29. The number of benzene rings is 2. The first-order valence-electron chi connectivity index (χ1n) is 9.11. The number of sulfonamides is 1. The third-order valence-electron chi connectivity index (χ3n) is 4.22. The number of nitrogens with one attached hydrogen (secondary N) is 3. The number of anilines is 1. The first kappa shape index (κ1) is 22.4. The van der Waals surface area contributed by atoms with E-state index in [1.54, 1.807) is 12.1 Å². The molecular formula is C20H26BrN3O3S. The number of amides is 1. The van der Waals surface area contributed by atoms with Gasteiger partial charge in [-0.05, 0) is 42.3 Å². The molecule has 0 radical (unpaired) electrons. The lowest BCUT2D eigenvalue weighted by molar-refractivity contribution is -0.121. The minimum atomic E-state index is -3.62. The third kappa shape index (κ3) is 7.26. The van der Waals surface area contributed by atoms with Crippen molar-refractivity contribution in [1.82, 2.24) is 10.0 Å². The van der Waals surface area contributed by atoms with Crippen LogP contribution in [0.2, 0.25) is 0 Å². The van der Waals surface area contributed by atoms with Gasteiger partial charge in [-0.15, -0.1) is 0 Å². The molecule has 0 fully saturated rings. The highest BCUT2D eigenvalue weighted by molar-refractivity contribution is 9.10. The largest absolute Gasteiger partial charge is 0.380 e. The third-order valence-corrected chi connectivity index (χ3v) is 6.22. The molecule has 2 aromatic carbocycles. The van der Waals surface area contributed by atoms with Gasteiger partial charge in [0, 0.05) is 35.7 Å². The van der Waals surface area contributed by atoms with Gasteiger partial charge in [0.2, 0.25) is 15.9 Å². The van der Waals surface area contributed by atoms with Crippen LogP contribution in [0.5, 0.6) is 0 Å². The van der Waals surface area contributed by atoms with Gasteiger partial charge in [-0.1, -0.05) is 48.0 Å². The second-order valence-electron chi connectivity index (χ2n) is 6.77. The van der Waals surface area contributed by atoms with Crippen molar-refractivity contribution in [2.45, 2.75) is 31.2 Å². The molecule has 152 valence electrons. The van der Waals surface area contributed by atoms with Crippen LogP contribution >= 0.6 is 15.9 Å². The highest BCUT2D eigenvalue weighted by Gasteiger charge is 2.16. The minimum absolute atomic E-state index is 0.0443. The maximum absolute atomic E-state index is 12.2. The standard InChI is InChI=1S/C20H26BrN3O3S/c1-15(2)19(24-17-6-4-3-5-7-17)14-22-20(25)12-13-23-28(26,27)18-10-8-16(21)9-11-18/h3-11,15,19,23-24H,12-14H2,1-2H3,(H,22,25). The minimum Gasteiger partial charge on any atom is -0.380 e. The zero-order valence-corrected chi connectivity index (χ0v) is 18.4. The molecule has 2 aromatic rings.